The maximum atomic E-state index is 12.8. The molecule has 0 spiro atoms. The van der Waals surface area contributed by atoms with E-state index in [2.05, 4.69) is 10.6 Å². The molecule has 0 radical (unpaired) electrons. The molecule has 1 atom stereocenters. The molecule has 0 saturated heterocycles. The Morgan fingerprint density at radius 3 is 1.93 bits per heavy atom. The standard InChI is InChI=1S/C19H23N3O4S/c1-4-18(22(27(3,25)26)17-8-6-5-7-9-17)19(24)21-16-12-10-15(11-13-16)20-14(2)23/h5-13,18H,4H2,1-3H3,(H,20,23)(H,21,24). The predicted octanol–water partition coefficient (Wildman–Crippen LogP) is 2.83. The first-order valence-corrected chi connectivity index (χ1v) is 10.3. The van der Waals surface area contributed by atoms with Crippen molar-refractivity contribution in [3.63, 3.8) is 0 Å². The highest BCUT2D eigenvalue weighted by atomic mass is 32.2. The van der Waals surface area contributed by atoms with Gasteiger partial charge in [0.1, 0.15) is 6.04 Å². The lowest BCUT2D eigenvalue weighted by atomic mass is 10.1. The van der Waals surface area contributed by atoms with E-state index in [0.717, 1.165) is 10.6 Å². The fourth-order valence-corrected chi connectivity index (χ4v) is 3.91. The van der Waals surface area contributed by atoms with Gasteiger partial charge in [-0.2, -0.15) is 0 Å². The van der Waals surface area contributed by atoms with Gasteiger partial charge in [-0.3, -0.25) is 13.9 Å². The van der Waals surface area contributed by atoms with Crippen LogP contribution in [0.1, 0.15) is 20.3 Å². The summed E-state index contributed by atoms with van der Waals surface area (Å²) in [6.45, 7) is 3.16. The summed E-state index contributed by atoms with van der Waals surface area (Å²) in [5, 5.41) is 5.38. The monoisotopic (exact) mass is 389 g/mol. The molecule has 7 nitrogen and oxygen atoms in total. The lowest BCUT2D eigenvalue weighted by Gasteiger charge is -2.30. The summed E-state index contributed by atoms with van der Waals surface area (Å²) in [4.78, 5) is 23.8. The normalized spacial score (nSPS) is 12.1. The fourth-order valence-electron chi connectivity index (χ4n) is 2.70. The number of nitrogens with one attached hydrogen (secondary N) is 2. The fraction of sp³-hybridized carbons (Fsp3) is 0.263. The number of para-hydroxylation sites is 1. The zero-order chi connectivity index (χ0) is 20.0. The Bertz CT molecular complexity index is 896. The molecule has 8 heteroatoms. The quantitative estimate of drug-likeness (QED) is 0.761. The van der Waals surface area contributed by atoms with Crippen LogP contribution in [0.3, 0.4) is 0 Å². The molecule has 2 amide bonds. The smallest absolute Gasteiger partial charge is 0.248 e. The van der Waals surface area contributed by atoms with Gasteiger partial charge in [0.25, 0.3) is 0 Å². The number of carbonyl (C=O) groups is 2. The lowest BCUT2D eigenvalue weighted by Crippen LogP contribution is -2.46. The Morgan fingerprint density at radius 2 is 1.48 bits per heavy atom. The van der Waals surface area contributed by atoms with Crippen molar-refractivity contribution < 1.29 is 18.0 Å². The van der Waals surface area contributed by atoms with Gasteiger partial charge in [0.05, 0.1) is 11.9 Å². The third-order valence-corrected chi connectivity index (χ3v) is 4.99. The van der Waals surface area contributed by atoms with E-state index in [-0.39, 0.29) is 5.91 Å². The summed E-state index contributed by atoms with van der Waals surface area (Å²) in [6.07, 6.45) is 1.38. The SMILES string of the molecule is CCC(C(=O)Nc1ccc(NC(C)=O)cc1)N(c1ccccc1)S(C)(=O)=O. The third-order valence-electron chi connectivity index (χ3n) is 3.81. The Kier molecular flexibility index (Phi) is 6.57. The molecule has 0 aliphatic carbocycles. The second-order valence-electron chi connectivity index (χ2n) is 6.07. The Balaban J connectivity index is 2.24. The first-order valence-electron chi connectivity index (χ1n) is 8.45. The molecule has 0 bridgehead atoms. The highest BCUT2D eigenvalue weighted by Gasteiger charge is 2.31. The molecule has 2 N–H and O–H groups in total. The van der Waals surface area contributed by atoms with Crippen LogP contribution in [0.25, 0.3) is 0 Å². The van der Waals surface area contributed by atoms with Crippen LogP contribution in [0.15, 0.2) is 54.6 Å². The van der Waals surface area contributed by atoms with Gasteiger partial charge in [0, 0.05) is 18.3 Å². The number of hydrogen-bond donors (Lipinski definition) is 2. The lowest BCUT2D eigenvalue weighted by molar-refractivity contribution is -0.117. The van der Waals surface area contributed by atoms with Gasteiger partial charge in [-0.1, -0.05) is 25.1 Å². The largest absolute Gasteiger partial charge is 0.326 e. The zero-order valence-electron chi connectivity index (χ0n) is 15.5. The van der Waals surface area contributed by atoms with Crippen molar-refractivity contribution in [1.29, 1.82) is 0 Å². The van der Waals surface area contributed by atoms with Crippen molar-refractivity contribution in [2.45, 2.75) is 26.3 Å². The predicted molar refractivity (Wildman–Crippen MR) is 107 cm³/mol. The molecule has 0 aliphatic rings. The van der Waals surface area contributed by atoms with Crippen LogP contribution in [0.4, 0.5) is 17.1 Å². The number of nitrogens with zero attached hydrogens (tertiary/aromatic N) is 1. The topological polar surface area (TPSA) is 95.6 Å². The van der Waals surface area contributed by atoms with Gasteiger partial charge in [0.15, 0.2) is 0 Å². The van der Waals surface area contributed by atoms with E-state index in [1.165, 1.54) is 6.92 Å². The molecule has 2 rings (SSSR count). The number of benzene rings is 2. The van der Waals surface area contributed by atoms with E-state index in [4.69, 9.17) is 0 Å². The van der Waals surface area contributed by atoms with E-state index in [1.54, 1.807) is 61.5 Å². The van der Waals surface area contributed by atoms with Gasteiger partial charge in [-0.25, -0.2) is 8.42 Å². The average molecular weight is 389 g/mol. The van der Waals surface area contributed by atoms with Gasteiger partial charge in [0.2, 0.25) is 21.8 Å². The third kappa shape index (κ3) is 5.55. The number of carbonyl (C=O) groups excluding carboxylic acids is 2. The van der Waals surface area contributed by atoms with Crippen LogP contribution in [0.2, 0.25) is 0 Å². The number of sulfonamides is 1. The molecule has 27 heavy (non-hydrogen) atoms. The summed E-state index contributed by atoms with van der Waals surface area (Å²) < 4.78 is 25.8. The van der Waals surface area contributed by atoms with Crippen LogP contribution >= 0.6 is 0 Å². The van der Waals surface area contributed by atoms with Crippen LogP contribution in [-0.2, 0) is 19.6 Å². The number of amides is 2. The van der Waals surface area contributed by atoms with Crippen molar-refractivity contribution in [3.8, 4) is 0 Å². The van der Waals surface area contributed by atoms with Crippen LogP contribution in [-0.4, -0.2) is 32.5 Å². The van der Waals surface area contributed by atoms with E-state index in [9.17, 15) is 18.0 Å². The average Bonchev–Trinajstić information content (AvgIpc) is 2.60. The molecule has 0 saturated carbocycles. The van der Waals surface area contributed by atoms with Crippen LogP contribution in [0.5, 0.6) is 0 Å². The summed E-state index contributed by atoms with van der Waals surface area (Å²) >= 11 is 0. The van der Waals surface area contributed by atoms with Crippen LogP contribution in [0, 0.1) is 0 Å². The molecule has 0 aliphatic heterocycles. The van der Waals surface area contributed by atoms with Crippen molar-refractivity contribution in [2.24, 2.45) is 0 Å². The Hall–Kier alpha value is -2.87. The van der Waals surface area contributed by atoms with Gasteiger partial charge >= 0.3 is 0 Å². The molecular formula is C19H23N3O4S. The Labute approximate surface area is 159 Å². The van der Waals surface area contributed by atoms with Crippen molar-refractivity contribution in [1.82, 2.24) is 0 Å². The van der Waals surface area contributed by atoms with Crippen molar-refractivity contribution in [3.05, 3.63) is 54.6 Å². The van der Waals surface area contributed by atoms with Gasteiger partial charge in [-0.05, 0) is 42.8 Å². The summed E-state index contributed by atoms with van der Waals surface area (Å²) in [5.41, 5.74) is 1.55. The molecule has 0 fully saturated rings. The highest BCUT2D eigenvalue weighted by Crippen LogP contribution is 2.23. The highest BCUT2D eigenvalue weighted by molar-refractivity contribution is 7.92. The van der Waals surface area contributed by atoms with Gasteiger partial charge in [-0.15, -0.1) is 0 Å². The minimum Gasteiger partial charge on any atom is -0.326 e. The second-order valence-corrected chi connectivity index (χ2v) is 7.93. The molecule has 0 heterocycles. The van der Waals surface area contributed by atoms with Crippen molar-refractivity contribution in [2.75, 3.05) is 21.2 Å². The first-order chi connectivity index (χ1) is 12.7. The first kappa shape index (κ1) is 20.4. The zero-order valence-corrected chi connectivity index (χ0v) is 16.3. The summed E-state index contributed by atoms with van der Waals surface area (Å²) in [7, 11) is -3.66. The summed E-state index contributed by atoms with van der Waals surface area (Å²) in [6, 6.07) is 14.2. The van der Waals surface area contributed by atoms with Crippen molar-refractivity contribution >= 4 is 38.9 Å². The number of anilines is 3. The van der Waals surface area contributed by atoms with E-state index in [0.29, 0.717) is 23.5 Å². The van der Waals surface area contributed by atoms with E-state index >= 15 is 0 Å². The Morgan fingerprint density at radius 1 is 0.963 bits per heavy atom. The summed E-state index contributed by atoms with van der Waals surface area (Å²) in [5.74, 6) is -0.622. The number of hydrogen-bond acceptors (Lipinski definition) is 4. The van der Waals surface area contributed by atoms with Gasteiger partial charge < -0.3 is 10.6 Å². The molecular weight excluding hydrogens is 366 g/mol. The van der Waals surface area contributed by atoms with E-state index in [1.807, 2.05) is 0 Å². The molecule has 2 aromatic rings. The molecule has 2 aromatic carbocycles. The maximum absolute atomic E-state index is 12.8. The minimum absolute atomic E-state index is 0.190. The second kappa shape index (κ2) is 8.68. The maximum Gasteiger partial charge on any atom is 0.248 e. The minimum atomic E-state index is -3.66. The number of rotatable bonds is 7. The molecule has 144 valence electrons. The molecule has 0 aromatic heterocycles. The van der Waals surface area contributed by atoms with Crippen LogP contribution < -0.4 is 14.9 Å². The molecule has 1 unspecified atom stereocenters. The van der Waals surface area contributed by atoms with E-state index < -0.39 is 22.0 Å².